The molecule has 0 amide bonds. The predicted molar refractivity (Wildman–Crippen MR) is 72.8 cm³/mol. The molecule has 1 rings (SSSR count). The van der Waals surface area contributed by atoms with Crippen LogP contribution in [0, 0.1) is 0 Å². The maximum Gasteiger partial charge on any atom is 0.405 e. The Kier molecular flexibility index (Phi) is 5.50. The number of anilines is 1. The van der Waals surface area contributed by atoms with Crippen LogP contribution in [-0.2, 0) is 6.54 Å². The lowest BCUT2D eigenvalue weighted by Crippen LogP contribution is -2.40. The van der Waals surface area contributed by atoms with Crippen molar-refractivity contribution < 1.29 is 13.2 Å². The molecule has 0 saturated carbocycles. The van der Waals surface area contributed by atoms with Crippen LogP contribution >= 0.6 is 11.6 Å². The Bertz CT molecular complexity index is 419. The van der Waals surface area contributed by atoms with Gasteiger partial charge in [0.25, 0.3) is 0 Å². The molecule has 2 nitrogen and oxygen atoms in total. The summed E-state index contributed by atoms with van der Waals surface area (Å²) in [5.74, 6) is 0. The fourth-order valence-corrected chi connectivity index (χ4v) is 2.23. The first-order valence-electron chi connectivity index (χ1n) is 6.01. The first-order valence-corrected chi connectivity index (χ1v) is 6.39. The van der Waals surface area contributed by atoms with Gasteiger partial charge in [0.05, 0.1) is 10.7 Å². The lowest BCUT2D eigenvalue weighted by molar-refractivity contribution is -0.120. The van der Waals surface area contributed by atoms with E-state index in [0.29, 0.717) is 17.3 Å². The summed E-state index contributed by atoms with van der Waals surface area (Å²) in [5, 5.41) is 3.28. The standard InChI is InChI=1S/C13H18ClF3N2/c1-9(2)19(8-13(15,16)17)12-10(7-18-3)5-4-6-11(12)14/h4-6,9,18H,7-8H2,1-3H3. The summed E-state index contributed by atoms with van der Waals surface area (Å²) < 4.78 is 38.1. The smallest absolute Gasteiger partial charge is 0.359 e. The van der Waals surface area contributed by atoms with Gasteiger partial charge >= 0.3 is 6.18 Å². The number of hydrogen-bond acceptors (Lipinski definition) is 2. The van der Waals surface area contributed by atoms with Gasteiger partial charge in [-0.1, -0.05) is 23.7 Å². The molecule has 0 aliphatic carbocycles. The number of benzene rings is 1. The van der Waals surface area contributed by atoms with Gasteiger partial charge < -0.3 is 10.2 Å². The van der Waals surface area contributed by atoms with Gasteiger partial charge in [-0.15, -0.1) is 0 Å². The number of rotatable bonds is 5. The maximum atomic E-state index is 12.7. The largest absolute Gasteiger partial charge is 0.405 e. The van der Waals surface area contributed by atoms with Crippen LogP contribution in [0.1, 0.15) is 19.4 Å². The van der Waals surface area contributed by atoms with Crippen molar-refractivity contribution in [1.29, 1.82) is 0 Å². The van der Waals surface area contributed by atoms with E-state index >= 15 is 0 Å². The maximum absolute atomic E-state index is 12.7. The zero-order chi connectivity index (χ0) is 14.6. The average molecular weight is 295 g/mol. The molecule has 6 heteroatoms. The van der Waals surface area contributed by atoms with Crippen LogP contribution in [0.4, 0.5) is 18.9 Å². The molecule has 0 bridgehead atoms. The summed E-state index contributed by atoms with van der Waals surface area (Å²) in [7, 11) is 1.74. The van der Waals surface area contributed by atoms with Gasteiger partial charge in [0.2, 0.25) is 0 Å². The molecule has 1 N–H and O–H groups in total. The van der Waals surface area contributed by atoms with Crippen molar-refractivity contribution in [3.8, 4) is 0 Å². The number of hydrogen-bond donors (Lipinski definition) is 1. The van der Waals surface area contributed by atoms with Crippen molar-refractivity contribution in [3.05, 3.63) is 28.8 Å². The Morgan fingerprint density at radius 2 is 1.95 bits per heavy atom. The quantitative estimate of drug-likeness (QED) is 0.888. The fraction of sp³-hybridized carbons (Fsp3) is 0.538. The molecule has 0 heterocycles. The van der Waals surface area contributed by atoms with Crippen LogP contribution in [0.25, 0.3) is 0 Å². The number of halogens is 4. The van der Waals surface area contributed by atoms with Crippen molar-refractivity contribution in [3.63, 3.8) is 0 Å². The molecule has 0 aromatic heterocycles. The van der Waals surface area contributed by atoms with Gasteiger partial charge in [-0.2, -0.15) is 13.2 Å². The first-order chi connectivity index (χ1) is 8.76. The molecule has 0 unspecified atom stereocenters. The lowest BCUT2D eigenvalue weighted by Gasteiger charge is -2.32. The normalized spacial score (nSPS) is 12.0. The summed E-state index contributed by atoms with van der Waals surface area (Å²) in [5.41, 5.74) is 1.21. The second-order valence-electron chi connectivity index (χ2n) is 4.61. The van der Waals surface area contributed by atoms with E-state index in [1.54, 1.807) is 39.1 Å². The van der Waals surface area contributed by atoms with Crippen molar-refractivity contribution >= 4 is 17.3 Å². The van der Waals surface area contributed by atoms with Gasteiger partial charge in [0, 0.05) is 12.6 Å². The van der Waals surface area contributed by atoms with Gasteiger partial charge in [0.15, 0.2) is 0 Å². The van der Waals surface area contributed by atoms with Crippen LogP contribution in [0.2, 0.25) is 5.02 Å². The van der Waals surface area contributed by atoms with E-state index in [1.165, 1.54) is 4.90 Å². The minimum Gasteiger partial charge on any atom is -0.359 e. The molecule has 1 aromatic rings. The van der Waals surface area contributed by atoms with E-state index in [0.717, 1.165) is 5.56 Å². The first kappa shape index (κ1) is 16.1. The molecule has 108 valence electrons. The van der Waals surface area contributed by atoms with Crippen LogP contribution in [0.5, 0.6) is 0 Å². The van der Waals surface area contributed by atoms with Gasteiger partial charge in [0.1, 0.15) is 6.54 Å². The summed E-state index contributed by atoms with van der Waals surface area (Å²) in [6, 6.07) is 4.84. The number of nitrogens with zero attached hydrogens (tertiary/aromatic N) is 1. The van der Waals surface area contributed by atoms with E-state index in [-0.39, 0.29) is 6.04 Å². The van der Waals surface area contributed by atoms with Crippen molar-refractivity contribution in [2.75, 3.05) is 18.5 Å². The monoisotopic (exact) mass is 294 g/mol. The third-order valence-electron chi connectivity index (χ3n) is 2.70. The minimum atomic E-state index is -4.26. The molecule has 0 fully saturated rings. The molecule has 0 spiro atoms. The third-order valence-corrected chi connectivity index (χ3v) is 3.00. The highest BCUT2D eigenvalue weighted by atomic mass is 35.5. The highest BCUT2D eigenvalue weighted by molar-refractivity contribution is 6.33. The Morgan fingerprint density at radius 1 is 1.32 bits per heavy atom. The average Bonchev–Trinajstić information content (AvgIpc) is 2.26. The Hall–Kier alpha value is -0.940. The summed E-state index contributed by atoms with van der Waals surface area (Å²) in [6.07, 6.45) is -4.26. The molecule has 0 atom stereocenters. The molecule has 19 heavy (non-hydrogen) atoms. The van der Waals surface area contributed by atoms with E-state index in [2.05, 4.69) is 5.32 Å². The second kappa shape index (κ2) is 6.48. The Labute approximate surface area is 116 Å². The Balaban J connectivity index is 3.21. The van der Waals surface area contributed by atoms with E-state index in [4.69, 9.17) is 11.6 Å². The zero-order valence-electron chi connectivity index (χ0n) is 11.2. The third kappa shape index (κ3) is 4.58. The highest BCUT2D eigenvalue weighted by Gasteiger charge is 2.33. The minimum absolute atomic E-state index is 0.294. The zero-order valence-corrected chi connectivity index (χ0v) is 11.9. The molecule has 0 aliphatic heterocycles. The molecule has 0 radical (unpaired) electrons. The molecule has 0 saturated heterocycles. The van der Waals surface area contributed by atoms with Crippen LogP contribution in [0.3, 0.4) is 0 Å². The van der Waals surface area contributed by atoms with Crippen LogP contribution in [0.15, 0.2) is 18.2 Å². The predicted octanol–water partition coefficient (Wildman–Crippen LogP) is 3.84. The number of para-hydroxylation sites is 1. The highest BCUT2D eigenvalue weighted by Crippen LogP contribution is 2.33. The Morgan fingerprint density at radius 3 is 2.42 bits per heavy atom. The fourth-order valence-electron chi connectivity index (χ4n) is 1.93. The summed E-state index contributed by atoms with van der Waals surface area (Å²) in [6.45, 7) is 2.90. The SMILES string of the molecule is CNCc1cccc(Cl)c1N(CC(F)(F)F)C(C)C. The molecule has 0 aliphatic rings. The van der Waals surface area contributed by atoms with Gasteiger partial charge in [-0.05, 0) is 32.5 Å². The summed E-state index contributed by atoms with van der Waals surface area (Å²) >= 11 is 6.10. The molecule has 1 aromatic carbocycles. The lowest BCUT2D eigenvalue weighted by atomic mass is 10.1. The van der Waals surface area contributed by atoms with E-state index < -0.39 is 12.7 Å². The second-order valence-corrected chi connectivity index (χ2v) is 5.02. The van der Waals surface area contributed by atoms with Gasteiger partial charge in [-0.25, -0.2) is 0 Å². The van der Waals surface area contributed by atoms with Gasteiger partial charge in [-0.3, -0.25) is 0 Å². The van der Waals surface area contributed by atoms with Crippen LogP contribution in [-0.4, -0.2) is 25.8 Å². The van der Waals surface area contributed by atoms with Crippen LogP contribution < -0.4 is 10.2 Å². The topological polar surface area (TPSA) is 15.3 Å². The van der Waals surface area contributed by atoms with Crippen molar-refractivity contribution in [2.45, 2.75) is 32.6 Å². The molecular formula is C13H18ClF3N2. The van der Waals surface area contributed by atoms with Crippen molar-refractivity contribution in [2.24, 2.45) is 0 Å². The summed E-state index contributed by atoms with van der Waals surface area (Å²) in [4.78, 5) is 1.29. The number of nitrogens with one attached hydrogen (secondary N) is 1. The van der Waals surface area contributed by atoms with E-state index in [9.17, 15) is 13.2 Å². The van der Waals surface area contributed by atoms with E-state index in [1.807, 2.05) is 0 Å². The number of alkyl halides is 3. The van der Waals surface area contributed by atoms with Crippen molar-refractivity contribution in [1.82, 2.24) is 5.32 Å². The molecular weight excluding hydrogens is 277 g/mol.